The van der Waals surface area contributed by atoms with Crippen molar-refractivity contribution in [1.82, 2.24) is 4.98 Å². The number of carboxylic acids is 1. The molecule has 0 amide bonds. The van der Waals surface area contributed by atoms with E-state index < -0.39 is 28.8 Å². The smallest absolute Gasteiger partial charge is 0.435 e. The molecule has 0 fully saturated rings. The third-order valence-corrected chi connectivity index (χ3v) is 3.17. The SMILES string of the molecule is CCC(OC)c1nc(C(F)(F)F)c(C(=O)O)s1. The summed E-state index contributed by atoms with van der Waals surface area (Å²) in [5.41, 5.74) is -1.36. The van der Waals surface area contributed by atoms with Crippen LogP contribution in [-0.2, 0) is 10.9 Å². The van der Waals surface area contributed by atoms with Crippen LogP contribution < -0.4 is 0 Å². The summed E-state index contributed by atoms with van der Waals surface area (Å²) in [6, 6.07) is 0. The van der Waals surface area contributed by atoms with E-state index in [9.17, 15) is 18.0 Å². The first-order valence-electron chi connectivity index (χ1n) is 4.65. The fourth-order valence-corrected chi connectivity index (χ4v) is 2.34. The summed E-state index contributed by atoms with van der Waals surface area (Å²) in [4.78, 5) is 13.2. The van der Waals surface area contributed by atoms with Gasteiger partial charge in [0.2, 0.25) is 0 Å². The Hall–Kier alpha value is -1.15. The summed E-state index contributed by atoms with van der Waals surface area (Å²) in [6.07, 6.45) is -4.97. The maximum absolute atomic E-state index is 12.5. The van der Waals surface area contributed by atoms with Gasteiger partial charge in [0.15, 0.2) is 5.69 Å². The van der Waals surface area contributed by atoms with Crippen LogP contribution in [0.25, 0.3) is 0 Å². The number of aromatic nitrogens is 1. The number of carboxylic acid groups (broad SMARTS) is 1. The molecule has 1 atom stereocenters. The third-order valence-electron chi connectivity index (χ3n) is 2.04. The van der Waals surface area contributed by atoms with Crippen LogP contribution in [0.5, 0.6) is 0 Å². The van der Waals surface area contributed by atoms with Crippen molar-refractivity contribution in [2.24, 2.45) is 0 Å². The average Bonchev–Trinajstić information content (AvgIpc) is 2.64. The number of alkyl halides is 3. The van der Waals surface area contributed by atoms with Gasteiger partial charge in [-0.05, 0) is 6.42 Å². The number of hydrogen-bond donors (Lipinski definition) is 1. The second-order valence-electron chi connectivity index (χ2n) is 3.17. The first-order chi connectivity index (χ1) is 7.81. The van der Waals surface area contributed by atoms with E-state index in [1.165, 1.54) is 7.11 Å². The molecule has 96 valence electrons. The molecule has 1 aromatic rings. The summed E-state index contributed by atoms with van der Waals surface area (Å²) >= 11 is 0.496. The molecule has 0 aliphatic heterocycles. The molecular formula is C9H10F3NO3S. The quantitative estimate of drug-likeness (QED) is 0.912. The van der Waals surface area contributed by atoms with Crippen LogP contribution in [0.4, 0.5) is 13.2 Å². The molecule has 0 bridgehead atoms. The number of thiazole rings is 1. The number of hydrogen-bond acceptors (Lipinski definition) is 4. The molecular weight excluding hydrogens is 259 g/mol. The maximum Gasteiger partial charge on any atom is 0.435 e. The summed E-state index contributed by atoms with van der Waals surface area (Å²) in [5, 5.41) is 8.73. The normalized spacial score (nSPS) is 13.7. The van der Waals surface area contributed by atoms with E-state index in [1.54, 1.807) is 6.92 Å². The Bertz CT molecular complexity index is 412. The topological polar surface area (TPSA) is 59.4 Å². The number of ether oxygens (including phenoxy) is 1. The fourth-order valence-electron chi connectivity index (χ4n) is 1.25. The summed E-state index contributed by atoms with van der Waals surface area (Å²) < 4.78 is 42.5. The third kappa shape index (κ3) is 2.95. The zero-order chi connectivity index (χ0) is 13.2. The first-order valence-corrected chi connectivity index (χ1v) is 5.46. The lowest BCUT2D eigenvalue weighted by Crippen LogP contribution is -2.11. The molecule has 0 radical (unpaired) electrons. The van der Waals surface area contributed by atoms with E-state index in [0.717, 1.165) is 0 Å². The minimum absolute atomic E-state index is 0.0275. The van der Waals surface area contributed by atoms with Crippen molar-refractivity contribution < 1.29 is 27.8 Å². The van der Waals surface area contributed by atoms with Crippen molar-refractivity contribution in [2.45, 2.75) is 25.6 Å². The van der Waals surface area contributed by atoms with E-state index in [1.807, 2.05) is 0 Å². The molecule has 1 unspecified atom stereocenters. The van der Waals surface area contributed by atoms with E-state index in [2.05, 4.69) is 4.98 Å². The molecule has 1 N–H and O–H groups in total. The molecule has 0 aromatic carbocycles. The van der Waals surface area contributed by atoms with Crippen molar-refractivity contribution in [1.29, 1.82) is 0 Å². The van der Waals surface area contributed by atoms with Crippen molar-refractivity contribution in [3.8, 4) is 0 Å². The minimum atomic E-state index is -4.77. The fraction of sp³-hybridized carbons (Fsp3) is 0.556. The Morgan fingerprint density at radius 2 is 2.18 bits per heavy atom. The molecule has 0 aliphatic carbocycles. The molecule has 4 nitrogen and oxygen atoms in total. The van der Waals surface area contributed by atoms with Gasteiger partial charge in [0.05, 0.1) is 0 Å². The Labute approximate surface area is 99.0 Å². The summed E-state index contributed by atoms with van der Waals surface area (Å²) in [7, 11) is 1.34. The number of halogens is 3. The molecule has 1 heterocycles. The Balaban J connectivity index is 3.26. The van der Waals surface area contributed by atoms with Crippen LogP contribution in [0, 0.1) is 0 Å². The van der Waals surface area contributed by atoms with Crippen LogP contribution in [-0.4, -0.2) is 23.2 Å². The number of nitrogens with zero attached hydrogens (tertiary/aromatic N) is 1. The number of carbonyl (C=O) groups is 1. The van der Waals surface area contributed by atoms with Crippen molar-refractivity contribution in [3.05, 3.63) is 15.6 Å². The first kappa shape index (κ1) is 13.9. The highest BCUT2D eigenvalue weighted by Gasteiger charge is 2.40. The minimum Gasteiger partial charge on any atom is -0.477 e. The molecule has 8 heteroatoms. The molecule has 1 aromatic heterocycles. The van der Waals surface area contributed by atoms with Gasteiger partial charge in [0.1, 0.15) is 16.0 Å². The van der Waals surface area contributed by atoms with E-state index in [-0.39, 0.29) is 5.01 Å². The zero-order valence-corrected chi connectivity index (χ0v) is 9.85. The highest BCUT2D eigenvalue weighted by Crippen LogP contribution is 2.37. The standard InChI is InChI=1S/C9H10F3NO3S/c1-3-4(16-2)7-13-6(9(10,11)12)5(17-7)8(14)15/h4H,3H2,1-2H3,(H,14,15). The van der Waals surface area contributed by atoms with Gasteiger partial charge >= 0.3 is 12.1 Å². The van der Waals surface area contributed by atoms with Crippen LogP contribution in [0.15, 0.2) is 0 Å². The van der Waals surface area contributed by atoms with Gasteiger partial charge in [-0.1, -0.05) is 6.92 Å². The van der Waals surface area contributed by atoms with E-state index in [4.69, 9.17) is 9.84 Å². The van der Waals surface area contributed by atoms with Crippen molar-refractivity contribution in [3.63, 3.8) is 0 Å². The Morgan fingerprint density at radius 3 is 2.47 bits per heavy atom. The molecule has 0 aliphatic rings. The van der Waals surface area contributed by atoms with Gasteiger partial charge in [0.25, 0.3) is 0 Å². The van der Waals surface area contributed by atoms with Crippen molar-refractivity contribution >= 4 is 17.3 Å². The van der Waals surface area contributed by atoms with Gasteiger partial charge in [-0.25, -0.2) is 9.78 Å². The predicted molar refractivity (Wildman–Crippen MR) is 54.1 cm³/mol. The van der Waals surface area contributed by atoms with Gasteiger partial charge in [-0.3, -0.25) is 0 Å². The van der Waals surface area contributed by atoms with Crippen LogP contribution in [0.1, 0.15) is 39.8 Å². The number of methoxy groups -OCH3 is 1. The second kappa shape index (κ2) is 5.01. The highest BCUT2D eigenvalue weighted by molar-refractivity contribution is 7.13. The van der Waals surface area contributed by atoms with E-state index in [0.29, 0.717) is 17.8 Å². The number of rotatable bonds is 4. The molecule has 1 rings (SSSR count). The monoisotopic (exact) mass is 269 g/mol. The Morgan fingerprint density at radius 1 is 1.59 bits per heavy atom. The lowest BCUT2D eigenvalue weighted by atomic mass is 10.3. The van der Waals surface area contributed by atoms with Gasteiger partial charge in [0, 0.05) is 7.11 Å². The molecule has 0 spiro atoms. The Kier molecular flexibility index (Phi) is 4.10. The molecule has 0 saturated heterocycles. The van der Waals surface area contributed by atoms with E-state index >= 15 is 0 Å². The van der Waals surface area contributed by atoms with Crippen molar-refractivity contribution in [2.75, 3.05) is 7.11 Å². The lowest BCUT2D eigenvalue weighted by molar-refractivity contribution is -0.141. The number of aromatic carboxylic acids is 1. The van der Waals surface area contributed by atoms with Crippen LogP contribution in [0.2, 0.25) is 0 Å². The average molecular weight is 269 g/mol. The summed E-state index contributed by atoms with van der Waals surface area (Å²) in [5.74, 6) is -1.63. The van der Waals surface area contributed by atoms with Gasteiger partial charge in [-0.15, -0.1) is 11.3 Å². The second-order valence-corrected chi connectivity index (χ2v) is 4.20. The van der Waals surface area contributed by atoms with Crippen LogP contribution >= 0.6 is 11.3 Å². The lowest BCUT2D eigenvalue weighted by Gasteiger charge is -2.08. The van der Waals surface area contributed by atoms with Gasteiger partial charge in [-0.2, -0.15) is 13.2 Å². The predicted octanol–water partition coefficient (Wildman–Crippen LogP) is 2.96. The maximum atomic E-state index is 12.5. The van der Waals surface area contributed by atoms with Crippen LogP contribution in [0.3, 0.4) is 0 Å². The summed E-state index contributed by atoms with van der Waals surface area (Å²) in [6.45, 7) is 1.71. The molecule has 17 heavy (non-hydrogen) atoms. The largest absolute Gasteiger partial charge is 0.477 e. The van der Waals surface area contributed by atoms with Gasteiger partial charge < -0.3 is 9.84 Å². The highest BCUT2D eigenvalue weighted by atomic mass is 32.1. The molecule has 0 saturated carbocycles. The zero-order valence-electron chi connectivity index (χ0n) is 9.04.